The van der Waals surface area contributed by atoms with E-state index in [-0.39, 0.29) is 11.8 Å². The quantitative estimate of drug-likeness (QED) is 0.903. The van der Waals surface area contributed by atoms with Crippen LogP contribution in [0.15, 0.2) is 24.3 Å². The van der Waals surface area contributed by atoms with Gasteiger partial charge in [0.25, 0.3) is 5.91 Å². The minimum absolute atomic E-state index is 0.000327. The molecule has 0 bridgehead atoms. The predicted molar refractivity (Wildman–Crippen MR) is 79.3 cm³/mol. The van der Waals surface area contributed by atoms with Gasteiger partial charge < -0.3 is 10.1 Å². The van der Waals surface area contributed by atoms with E-state index in [1.165, 1.54) is 0 Å². The summed E-state index contributed by atoms with van der Waals surface area (Å²) in [6.07, 6.45) is 3.41. The molecule has 1 unspecified atom stereocenters. The van der Waals surface area contributed by atoms with E-state index in [0.29, 0.717) is 11.4 Å². The topological polar surface area (TPSA) is 58.6 Å². The van der Waals surface area contributed by atoms with Crippen molar-refractivity contribution in [2.75, 3.05) is 12.0 Å². The Morgan fingerprint density at radius 1 is 1.29 bits per heavy atom. The van der Waals surface area contributed by atoms with Crippen molar-refractivity contribution in [2.45, 2.75) is 44.2 Å². The molecule has 21 heavy (non-hydrogen) atoms. The molecule has 1 aliphatic heterocycles. The van der Waals surface area contributed by atoms with Crippen molar-refractivity contribution >= 4 is 17.5 Å². The number of methoxy groups -OCH3 is 1. The van der Waals surface area contributed by atoms with E-state index in [4.69, 9.17) is 4.74 Å². The van der Waals surface area contributed by atoms with Crippen LogP contribution >= 0.6 is 0 Å². The molecule has 5 heteroatoms. The van der Waals surface area contributed by atoms with E-state index in [1.54, 1.807) is 25.0 Å². The lowest BCUT2D eigenvalue weighted by Gasteiger charge is -2.43. The zero-order chi connectivity index (χ0) is 15.0. The van der Waals surface area contributed by atoms with Gasteiger partial charge in [-0.1, -0.05) is 18.9 Å². The van der Waals surface area contributed by atoms with Gasteiger partial charge in [0.2, 0.25) is 5.91 Å². The van der Waals surface area contributed by atoms with E-state index >= 15 is 0 Å². The number of hydrogen-bond donors (Lipinski definition) is 1. The monoisotopic (exact) mass is 288 g/mol. The summed E-state index contributed by atoms with van der Waals surface area (Å²) in [6, 6.07) is 6.81. The Bertz CT molecular complexity index is 579. The molecule has 2 fully saturated rings. The number of amides is 2. The van der Waals surface area contributed by atoms with Crippen molar-refractivity contribution in [2.24, 2.45) is 0 Å². The van der Waals surface area contributed by atoms with E-state index in [0.717, 1.165) is 25.7 Å². The van der Waals surface area contributed by atoms with Crippen molar-refractivity contribution in [3.8, 4) is 5.75 Å². The Morgan fingerprint density at radius 3 is 2.67 bits per heavy atom. The largest absolute Gasteiger partial charge is 0.497 e. The summed E-state index contributed by atoms with van der Waals surface area (Å²) in [5.41, 5.74) is 0.0140. The average Bonchev–Trinajstić information content (AvgIpc) is 2.95. The number of carbonyl (C=O) groups is 2. The van der Waals surface area contributed by atoms with Gasteiger partial charge >= 0.3 is 0 Å². The standard InChI is InChI=1S/C16H20N2O3/c1-11-14(19)17-16(8-3-4-9-16)15(20)18(11)12-6-5-7-13(10-12)21-2/h5-7,10-11H,3-4,8-9H2,1-2H3,(H,17,19). The Kier molecular flexibility index (Phi) is 3.35. The second-order valence-corrected chi connectivity index (χ2v) is 5.83. The van der Waals surface area contributed by atoms with Gasteiger partial charge in [-0.2, -0.15) is 0 Å². The molecule has 1 atom stereocenters. The van der Waals surface area contributed by atoms with Gasteiger partial charge in [0.1, 0.15) is 17.3 Å². The van der Waals surface area contributed by atoms with Crippen LogP contribution in [0.25, 0.3) is 0 Å². The van der Waals surface area contributed by atoms with Gasteiger partial charge in [-0.05, 0) is 31.9 Å². The molecule has 1 aromatic rings. The maximum absolute atomic E-state index is 13.0. The number of nitrogens with one attached hydrogen (secondary N) is 1. The summed E-state index contributed by atoms with van der Waals surface area (Å²) in [6.45, 7) is 1.76. The van der Waals surface area contributed by atoms with Gasteiger partial charge in [-0.25, -0.2) is 0 Å². The zero-order valence-corrected chi connectivity index (χ0v) is 12.4. The highest BCUT2D eigenvalue weighted by atomic mass is 16.5. The van der Waals surface area contributed by atoms with Crippen molar-refractivity contribution in [1.29, 1.82) is 0 Å². The fraction of sp³-hybridized carbons (Fsp3) is 0.500. The van der Waals surface area contributed by atoms with Crippen molar-refractivity contribution in [3.05, 3.63) is 24.3 Å². The average molecular weight is 288 g/mol. The first kappa shape index (κ1) is 13.9. The van der Waals surface area contributed by atoms with Gasteiger partial charge in [-0.15, -0.1) is 0 Å². The molecule has 2 amide bonds. The Hall–Kier alpha value is -2.04. The van der Waals surface area contributed by atoms with Crippen molar-refractivity contribution in [3.63, 3.8) is 0 Å². The number of nitrogens with zero attached hydrogens (tertiary/aromatic N) is 1. The summed E-state index contributed by atoms with van der Waals surface area (Å²) in [4.78, 5) is 26.9. The highest BCUT2D eigenvalue weighted by molar-refractivity contribution is 6.10. The van der Waals surface area contributed by atoms with E-state index < -0.39 is 11.6 Å². The number of hydrogen-bond acceptors (Lipinski definition) is 3. The van der Waals surface area contributed by atoms with Crippen LogP contribution in [0.5, 0.6) is 5.75 Å². The summed E-state index contributed by atoms with van der Waals surface area (Å²) >= 11 is 0. The third-order valence-electron chi connectivity index (χ3n) is 4.55. The number of piperazine rings is 1. The number of carbonyl (C=O) groups excluding carboxylic acids is 2. The normalized spacial score (nSPS) is 24.3. The number of benzene rings is 1. The third kappa shape index (κ3) is 2.17. The Balaban J connectivity index is 2.01. The summed E-state index contributed by atoms with van der Waals surface area (Å²) in [5, 5.41) is 2.96. The van der Waals surface area contributed by atoms with Gasteiger partial charge in [-0.3, -0.25) is 14.5 Å². The molecule has 1 N–H and O–H groups in total. The van der Waals surface area contributed by atoms with Crippen LogP contribution < -0.4 is 15.0 Å². The van der Waals surface area contributed by atoms with E-state index in [1.807, 2.05) is 18.2 Å². The van der Waals surface area contributed by atoms with E-state index in [2.05, 4.69) is 5.32 Å². The molecule has 2 aliphatic rings. The second-order valence-electron chi connectivity index (χ2n) is 5.83. The smallest absolute Gasteiger partial charge is 0.253 e. The SMILES string of the molecule is COc1cccc(N2C(=O)C3(CCCC3)NC(=O)C2C)c1. The highest BCUT2D eigenvalue weighted by Crippen LogP contribution is 2.37. The maximum atomic E-state index is 13.0. The molecular formula is C16H20N2O3. The highest BCUT2D eigenvalue weighted by Gasteiger charge is 2.51. The summed E-state index contributed by atoms with van der Waals surface area (Å²) < 4.78 is 5.22. The van der Waals surface area contributed by atoms with Gasteiger partial charge in [0, 0.05) is 11.8 Å². The lowest BCUT2D eigenvalue weighted by atomic mass is 9.90. The molecule has 1 aliphatic carbocycles. The molecular weight excluding hydrogens is 268 g/mol. The van der Waals surface area contributed by atoms with Crippen LogP contribution in [0.3, 0.4) is 0 Å². The van der Waals surface area contributed by atoms with Gasteiger partial charge in [0.15, 0.2) is 0 Å². The molecule has 1 spiro atoms. The van der Waals surface area contributed by atoms with Crippen LogP contribution in [0, 0.1) is 0 Å². The zero-order valence-electron chi connectivity index (χ0n) is 12.4. The third-order valence-corrected chi connectivity index (χ3v) is 4.55. The predicted octanol–water partition coefficient (Wildman–Crippen LogP) is 1.86. The molecule has 0 aromatic heterocycles. The van der Waals surface area contributed by atoms with Crippen molar-refractivity contribution < 1.29 is 14.3 Å². The van der Waals surface area contributed by atoms with Gasteiger partial charge in [0.05, 0.1) is 7.11 Å². The fourth-order valence-electron chi connectivity index (χ4n) is 3.34. The van der Waals surface area contributed by atoms with Crippen LogP contribution in [0.2, 0.25) is 0 Å². The molecule has 0 radical (unpaired) electrons. The van der Waals surface area contributed by atoms with Crippen LogP contribution in [-0.4, -0.2) is 30.5 Å². The summed E-state index contributed by atoms with van der Waals surface area (Å²) in [5.74, 6) is 0.596. The molecule has 112 valence electrons. The minimum Gasteiger partial charge on any atom is -0.497 e. The molecule has 1 saturated heterocycles. The molecule has 1 heterocycles. The first-order chi connectivity index (χ1) is 10.1. The number of ether oxygens (including phenoxy) is 1. The lowest BCUT2D eigenvalue weighted by molar-refractivity contribution is -0.137. The number of rotatable bonds is 2. The fourth-order valence-corrected chi connectivity index (χ4v) is 3.34. The maximum Gasteiger partial charge on any atom is 0.253 e. The van der Waals surface area contributed by atoms with E-state index in [9.17, 15) is 9.59 Å². The summed E-state index contributed by atoms with van der Waals surface area (Å²) in [7, 11) is 1.59. The molecule has 5 nitrogen and oxygen atoms in total. The number of anilines is 1. The minimum atomic E-state index is -0.702. The van der Waals surface area contributed by atoms with Crippen molar-refractivity contribution in [1.82, 2.24) is 5.32 Å². The molecule has 1 aromatic carbocycles. The Labute approximate surface area is 124 Å². The van der Waals surface area contributed by atoms with Crippen LogP contribution in [0.4, 0.5) is 5.69 Å². The lowest BCUT2D eigenvalue weighted by Crippen LogP contribution is -2.69. The van der Waals surface area contributed by atoms with Crippen LogP contribution in [0.1, 0.15) is 32.6 Å². The molecule has 1 saturated carbocycles. The van der Waals surface area contributed by atoms with Crippen LogP contribution in [-0.2, 0) is 9.59 Å². The first-order valence-electron chi connectivity index (χ1n) is 7.37. The second kappa shape index (κ2) is 5.06. The first-order valence-corrected chi connectivity index (χ1v) is 7.37. The molecule has 3 rings (SSSR count). The Morgan fingerprint density at radius 2 is 2.00 bits per heavy atom.